The van der Waals surface area contributed by atoms with Crippen LogP contribution in [0.3, 0.4) is 0 Å². The Morgan fingerprint density at radius 3 is 2.82 bits per heavy atom. The third-order valence-electron chi connectivity index (χ3n) is 2.13. The quantitative estimate of drug-likeness (QED) is 0.833. The fourth-order valence-electron chi connectivity index (χ4n) is 1.43. The van der Waals surface area contributed by atoms with E-state index in [4.69, 9.17) is 5.26 Å². The van der Waals surface area contributed by atoms with Gasteiger partial charge in [0.05, 0.1) is 11.3 Å². The lowest BCUT2D eigenvalue weighted by Crippen LogP contribution is -2.31. The van der Waals surface area contributed by atoms with Crippen LogP contribution in [0, 0.1) is 18.3 Å². The van der Waals surface area contributed by atoms with Crippen LogP contribution < -0.4 is 5.32 Å². The highest BCUT2D eigenvalue weighted by molar-refractivity contribution is 8.00. The minimum absolute atomic E-state index is 0.00265. The van der Waals surface area contributed by atoms with Gasteiger partial charge in [0.2, 0.25) is 5.91 Å². The molecule has 0 radical (unpaired) electrons. The molecule has 1 aromatic carbocycles. The molecule has 0 aromatic heterocycles. The fourth-order valence-corrected chi connectivity index (χ4v) is 2.36. The molecule has 4 heteroatoms. The molecule has 17 heavy (non-hydrogen) atoms. The molecule has 0 aliphatic carbocycles. The molecule has 0 aliphatic rings. The Balaban J connectivity index is 2.70. The first kappa shape index (κ1) is 13.6. The molecule has 0 unspecified atom stereocenters. The molecule has 0 bridgehead atoms. The van der Waals surface area contributed by atoms with Crippen LogP contribution in [0.5, 0.6) is 0 Å². The predicted molar refractivity (Wildman–Crippen MR) is 69.9 cm³/mol. The maximum absolute atomic E-state index is 11.5. The first-order chi connectivity index (χ1) is 8.04. The van der Waals surface area contributed by atoms with Gasteiger partial charge in [0, 0.05) is 10.9 Å². The van der Waals surface area contributed by atoms with Gasteiger partial charge in [-0.05, 0) is 32.4 Å². The maximum Gasteiger partial charge on any atom is 0.230 e. The summed E-state index contributed by atoms with van der Waals surface area (Å²) in [6.45, 7) is 5.80. The van der Waals surface area contributed by atoms with Crippen molar-refractivity contribution in [3.8, 4) is 6.07 Å². The van der Waals surface area contributed by atoms with Crippen LogP contribution in [0.15, 0.2) is 23.1 Å². The number of carbonyl (C=O) groups is 1. The highest BCUT2D eigenvalue weighted by atomic mass is 32.2. The maximum atomic E-state index is 11.5. The van der Waals surface area contributed by atoms with Gasteiger partial charge in [-0.1, -0.05) is 12.1 Å². The number of nitrogens with one attached hydrogen (secondary N) is 1. The van der Waals surface area contributed by atoms with Crippen molar-refractivity contribution in [2.45, 2.75) is 31.7 Å². The standard InChI is InChI=1S/C13H16N2OS/c1-9(2)15-12(16)8-17-13-10(3)5-4-6-11(13)7-14/h4-6,9H,8H2,1-3H3,(H,15,16). The Bertz CT molecular complexity index is 449. The number of nitriles is 1. The molecular weight excluding hydrogens is 232 g/mol. The zero-order valence-electron chi connectivity index (χ0n) is 10.3. The summed E-state index contributed by atoms with van der Waals surface area (Å²) in [5, 5.41) is 11.8. The van der Waals surface area contributed by atoms with Crippen molar-refractivity contribution in [3.05, 3.63) is 29.3 Å². The van der Waals surface area contributed by atoms with Gasteiger partial charge in [0.1, 0.15) is 6.07 Å². The molecular formula is C13H16N2OS. The molecule has 0 heterocycles. The normalized spacial score (nSPS) is 10.1. The molecule has 0 fully saturated rings. The number of carbonyl (C=O) groups excluding carboxylic acids is 1. The summed E-state index contributed by atoms with van der Waals surface area (Å²) in [7, 11) is 0. The van der Waals surface area contributed by atoms with Gasteiger partial charge in [0.25, 0.3) is 0 Å². The van der Waals surface area contributed by atoms with Crippen LogP contribution in [0.4, 0.5) is 0 Å². The van der Waals surface area contributed by atoms with E-state index in [1.54, 1.807) is 6.07 Å². The molecule has 1 aromatic rings. The van der Waals surface area contributed by atoms with Gasteiger partial charge in [0.15, 0.2) is 0 Å². The number of hydrogen-bond acceptors (Lipinski definition) is 3. The number of amides is 1. The lowest BCUT2D eigenvalue weighted by Gasteiger charge is -2.10. The highest BCUT2D eigenvalue weighted by Gasteiger charge is 2.09. The summed E-state index contributed by atoms with van der Waals surface area (Å²) >= 11 is 1.41. The number of aryl methyl sites for hydroxylation is 1. The van der Waals surface area contributed by atoms with Crippen molar-refractivity contribution in [2.75, 3.05) is 5.75 Å². The Kier molecular flexibility index (Phi) is 5.05. The topological polar surface area (TPSA) is 52.9 Å². The van der Waals surface area contributed by atoms with E-state index in [9.17, 15) is 4.79 Å². The fraction of sp³-hybridized carbons (Fsp3) is 0.385. The number of hydrogen-bond donors (Lipinski definition) is 1. The van der Waals surface area contributed by atoms with Gasteiger partial charge in [-0.2, -0.15) is 5.26 Å². The Morgan fingerprint density at radius 2 is 2.24 bits per heavy atom. The largest absolute Gasteiger partial charge is 0.353 e. The van der Waals surface area contributed by atoms with Gasteiger partial charge in [-0.25, -0.2) is 0 Å². The van der Waals surface area contributed by atoms with Crippen molar-refractivity contribution in [3.63, 3.8) is 0 Å². The summed E-state index contributed by atoms with van der Waals surface area (Å²) in [6.07, 6.45) is 0. The SMILES string of the molecule is Cc1cccc(C#N)c1SCC(=O)NC(C)C. The molecule has 1 amide bonds. The van der Waals surface area contributed by atoms with Crippen molar-refractivity contribution in [2.24, 2.45) is 0 Å². The van der Waals surface area contributed by atoms with E-state index < -0.39 is 0 Å². The first-order valence-corrected chi connectivity index (χ1v) is 6.45. The average Bonchev–Trinajstić information content (AvgIpc) is 2.26. The van der Waals surface area contributed by atoms with Gasteiger partial charge < -0.3 is 5.32 Å². The third-order valence-corrected chi connectivity index (χ3v) is 3.37. The van der Waals surface area contributed by atoms with Gasteiger partial charge in [-0.15, -0.1) is 11.8 Å². The second-order valence-corrected chi connectivity index (χ2v) is 5.06. The second-order valence-electron chi connectivity index (χ2n) is 4.07. The van der Waals surface area contributed by atoms with E-state index in [1.165, 1.54) is 11.8 Å². The number of nitrogens with zero attached hydrogens (tertiary/aromatic N) is 1. The molecule has 1 rings (SSSR count). The zero-order chi connectivity index (χ0) is 12.8. The first-order valence-electron chi connectivity index (χ1n) is 5.46. The third kappa shape index (κ3) is 4.12. The van der Waals surface area contributed by atoms with Crippen LogP contribution >= 0.6 is 11.8 Å². The van der Waals surface area contributed by atoms with Crippen LogP contribution in [-0.4, -0.2) is 17.7 Å². The van der Waals surface area contributed by atoms with E-state index in [0.29, 0.717) is 11.3 Å². The minimum atomic E-state index is -0.00265. The molecule has 90 valence electrons. The summed E-state index contributed by atoms with van der Waals surface area (Å²) in [5.41, 5.74) is 1.67. The number of thioether (sulfide) groups is 1. The summed E-state index contributed by atoms with van der Waals surface area (Å²) in [5.74, 6) is 0.342. The molecule has 3 nitrogen and oxygen atoms in total. The summed E-state index contributed by atoms with van der Waals surface area (Å²) < 4.78 is 0. The molecule has 0 saturated heterocycles. The summed E-state index contributed by atoms with van der Waals surface area (Å²) in [4.78, 5) is 12.4. The van der Waals surface area contributed by atoms with Crippen LogP contribution in [0.2, 0.25) is 0 Å². The summed E-state index contributed by atoms with van der Waals surface area (Å²) in [6, 6.07) is 7.87. The number of rotatable bonds is 4. The predicted octanol–water partition coefficient (Wildman–Crippen LogP) is 2.48. The minimum Gasteiger partial charge on any atom is -0.353 e. The van der Waals surface area contributed by atoms with Crippen molar-refractivity contribution < 1.29 is 4.79 Å². The zero-order valence-corrected chi connectivity index (χ0v) is 11.1. The van der Waals surface area contributed by atoms with E-state index >= 15 is 0 Å². The van der Waals surface area contributed by atoms with Gasteiger partial charge >= 0.3 is 0 Å². The van der Waals surface area contributed by atoms with Crippen LogP contribution in [-0.2, 0) is 4.79 Å². The van der Waals surface area contributed by atoms with E-state index in [-0.39, 0.29) is 11.9 Å². The number of benzene rings is 1. The molecule has 0 atom stereocenters. The lowest BCUT2D eigenvalue weighted by atomic mass is 10.1. The van der Waals surface area contributed by atoms with Crippen molar-refractivity contribution >= 4 is 17.7 Å². The van der Waals surface area contributed by atoms with Crippen LogP contribution in [0.1, 0.15) is 25.0 Å². The van der Waals surface area contributed by atoms with Crippen molar-refractivity contribution in [1.29, 1.82) is 5.26 Å². The average molecular weight is 248 g/mol. The lowest BCUT2D eigenvalue weighted by molar-refractivity contribution is -0.119. The molecule has 0 saturated carbocycles. The highest BCUT2D eigenvalue weighted by Crippen LogP contribution is 2.25. The van der Waals surface area contributed by atoms with E-state index in [0.717, 1.165) is 10.5 Å². The Hall–Kier alpha value is -1.47. The van der Waals surface area contributed by atoms with E-state index in [2.05, 4.69) is 11.4 Å². The molecule has 1 N–H and O–H groups in total. The smallest absolute Gasteiger partial charge is 0.230 e. The Morgan fingerprint density at radius 1 is 1.53 bits per heavy atom. The molecule has 0 spiro atoms. The Labute approximate surface area is 106 Å². The van der Waals surface area contributed by atoms with Crippen LogP contribution in [0.25, 0.3) is 0 Å². The van der Waals surface area contributed by atoms with Crippen molar-refractivity contribution in [1.82, 2.24) is 5.32 Å². The molecule has 0 aliphatic heterocycles. The monoisotopic (exact) mass is 248 g/mol. The van der Waals surface area contributed by atoms with E-state index in [1.807, 2.05) is 32.9 Å². The van der Waals surface area contributed by atoms with Gasteiger partial charge in [-0.3, -0.25) is 4.79 Å². The second kappa shape index (κ2) is 6.31.